The van der Waals surface area contributed by atoms with Crippen molar-refractivity contribution in [2.24, 2.45) is 0 Å². The van der Waals surface area contributed by atoms with E-state index in [1.807, 2.05) is 32.3 Å². The number of ether oxygens (including phenoxy) is 1. The van der Waals surface area contributed by atoms with Gasteiger partial charge in [-0.05, 0) is 24.6 Å². The van der Waals surface area contributed by atoms with E-state index in [1.165, 1.54) is 10.4 Å². The SMILES string of the molecule is CCOc1cccc(Cc2cnc(NC)s2)c1. The van der Waals surface area contributed by atoms with Crippen LogP contribution < -0.4 is 10.1 Å². The summed E-state index contributed by atoms with van der Waals surface area (Å²) in [7, 11) is 1.89. The third-order valence-corrected chi connectivity index (χ3v) is 3.37. The molecule has 4 heteroatoms. The molecule has 0 bridgehead atoms. The molecule has 1 aromatic heterocycles. The molecule has 0 spiro atoms. The largest absolute Gasteiger partial charge is 0.494 e. The fraction of sp³-hybridized carbons (Fsp3) is 0.308. The van der Waals surface area contributed by atoms with Gasteiger partial charge in [0.2, 0.25) is 0 Å². The maximum atomic E-state index is 5.49. The molecule has 1 aromatic carbocycles. The van der Waals surface area contributed by atoms with Gasteiger partial charge in [0, 0.05) is 24.5 Å². The van der Waals surface area contributed by atoms with Gasteiger partial charge < -0.3 is 10.1 Å². The normalized spacial score (nSPS) is 10.2. The lowest BCUT2D eigenvalue weighted by molar-refractivity contribution is 0.340. The molecule has 0 aliphatic carbocycles. The van der Waals surface area contributed by atoms with Crippen LogP contribution in [0.25, 0.3) is 0 Å². The highest BCUT2D eigenvalue weighted by Crippen LogP contribution is 2.22. The molecule has 90 valence electrons. The van der Waals surface area contributed by atoms with Gasteiger partial charge in [0.1, 0.15) is 5.75 Å². The number of benzene rings is 1. The van der Waals surface area contributed by atoms with Gasteiger partial charge in [0.15, 0.2) is 5.13 Å². The van der Waals surface area contributed by atoms with Crippen molar-refractivity contribution in [1.82, 2.24) is 4.98 Å². The van der Waals surface area contributed by atoms with Crippen molar-refractivity contribution in [3.05, 3.63) is 40.9 Å². The summed E-state index contributed by atoms with van der Waals surface area (Å²) < 4.78 is 5.49. The lowest BCUT2D eigenvalue weighted by atomic mass is 10.1. The third kappa shape index (κ3) is 3.20. The van der Waals surface area contributed by atoms with Gasteiger partial charge in [-0.2, -0.15) is 0 Å². The molecule has 17 heavy (non-hydrogen) atoms. The summed E-state index contributed by atoms with van der Waals surface area (Å²) in [5, 5.41) is 4.01. The van der Waals surface area contributed by atoms with E-state index in [4.69, 9.17) is 4.74 Å². The van der Waals surface area contributed by atoms with Crippen LogP contribution >= 0.6 is 11.3 Å². The minimum absolute atomic E-state index is 0.702. The first-order chi connectivity index (χ1) is 8.31. The van der Waals surface area contributed by atoms with Gasteiger partial charge in [-0.1, -0.05) is 12.1 Å². The topological polar surface area (TPSA) is 34.1 Å². The minimum Gasteiger partial charge on any atom is -0.494 e. The van der Waals surface area contributed by atoms with Gasteiger partial charge in [-0.3, -0.25) is 0 Å². The van der Waals surface area contributed by atoms with Crippen LogP contribution in [0.5, 0.6) is 5.75 Å². The highest BCUT2D eigenvalue weighted by molar-refractivity contribution is 7.15. The van der Waals surface area contributed by atoms with E-state index < -0.39 is 0 Å². The molecule has 0 saturated heterocycles. The predicted molar refractivity (Wildman–Crippen MR) is 72.1 cm³/mol. The van der Waals surface area contributed by atoms with Crippen molar-refractivity contribution in [3.8, 4) is 5.75 Å². The molecule has 0 fully saturated rings. The van der Waals surface area contributed by atoms with E-state index in [-0.39, 0.29) is 0 Å². The van der Waals surface area contributed by atoms with Gasteiger partial charge in [0.25, 0.3) is 0 Å². The van der Waals surface area contributed by atoms with E-state index in [1.54, 1.807) is 11.3 Å². The molecule has 1 heterocycles. The Hall–Kier alpha value is -1.55. The lowest BCUT2D eigenvalue weighted by Crippen LogP contribution is -1.92. The Morgan fingerprint density at radius 2 is 2.29 bits per heavy atom. The molecule has 2 rings (SSSR count). The first-order valence-electron chi connectivity index (χ1n) is 5.66. The van der Waals surface area contributed by atoms with Crippen LogP contribution in [0, 0.1) is 0 Å². The number of aromatic nitrogens is 1. The zero-order chi connectivity index (χ0) is 12.1. The fourth-order valence-electron chi connectivity index (χ4n) is 1.62. The average molecular weight is 248 g/mol. The molecule has 0 radical (unpaired) electrons. The molecule has 0 amide bonds. The first-order valence-corrected chi connectivity index (χ1v) is 6.47. The van der Waals surface area contributed by atoms with Crippen molar-refractivity contribution in [3.63, 3.8) is 0 Å². The lowest BCUT2D eigenvalue weighted by Gasteiger charge is -2.04. The number of nitrogens with zero attached hydrogens (tertiary/aromatic N) is 1. The first kappa shape index (κ1) is 11.9. The fourth-order valence-corrected chi connectivity index (χ4v) is 2.42. The molecule has 1 N–H and O–H groups in total. The van der Waals surface area contributed by atoms with E-state index in [0.29, 0.717) is 6.61 Å². The standard InChI is InChI=1S/C13H16N2OS/c1-3-16-11-6-4-5-10(7-11)8-12-9-15-13(14-2)17-12/h4-7,9H,3,8H2,1-2H3,(H,14,15). The predicted octanol–water partition coefficient (Wildman–Crippen LogP) is 3.17. The maximum absolute atomic E-state index is 5.49. The Bertz CT molecular complexity index is 482. The van der Waals surface area contributed by atoms with Gasteiger partial charge >= 0.3 is 0 Å². The van der Waals surface area contributed by atoms with E-state index >= 15 is 0 Å². The summed E-state index contributed by atoms with van der Waals surface area (Å²) in [6.45, 7) is 2.70. The number of hydrogen-bond donors (Lipinski definition) is 1. The number of hydrogen-bond acceptors (Lipinski definition) is 4. The number of anilines is 1. The third-order valence-electron chi connectivity index (χ3n) is 2.36. The molecular formula is C13H16N2OS. The summed E-state index contributed by atoms with van der Waals surface area (Å²) in [5.41, 5.74) is 1.25. The average Bonchev–Trinajstić information content (AvgIpc) is 2.78. The quantitative estimate of drug-likeness (QED) is 0.882. The van der Waals surface area contributed by atoms with E-state index in [2.05, 4.69) is 22.4 Å². The van der Waals surface area contributed by atoms with Crippen LogP contribution in [0.1, 0.15) is 17.4 Å². The highest BCUT2D eigenvalue weighted by Gasteiger charge is 2.02. The number of rotatable bonds is 5. The van der Waals surface area contributed by atoms with E-state index in [0.717, 1.165) is 17.3 Å². The van der Waals surface area contributed by atoms with Gasteiger partial charge in [-0.15, -0.1) is 11.3 Å². The monoisotopic (exact) mass is 248 g/mol. The summed E-state index contributed by atoms with van der Waals surface area (Å²) in [6, 6.07) is 8.21. The van der Waals surface area contributed by atoms with Crippen LogP contribution in [-0.4, -0.2) is 18.6 Å². The summed E-state index contributed by atoms with van der Waals surface area (Å²) in [6.07, 6.45) is 2.82. The molecule has 0 aliphatic rings. The Morgan fingerprint density at radius 1 is 1.41 bits per heavy atom. The van der Waals surface area contributed by atoms with Crippen molar-refractivity contribution < 1.29 is 4.74 Å². The zero-order valence-electron chi connectivity index (χ0n) is 10.1. The van der Waals surface area contributed by atoms with Crippen molar-refractivity contribution in [2.45, 2.75) is 13.3 Å². The molecular weight excluding hydrogens is 232 g/mol. The summed E-state index contributed by atoms with van der Waals surface area (Å²) >= 11 is 1.68. The number of nitrogens with one attached hydrogen (secondary N) is 1. The Kier molecular flexibility index (Phi) is 3.98. The zero-order valence-corrected chi connectivity index (χ0v) is 10.9. The Balaban J connectivity index is 2.09. The second-order valence-corrected chi connectivity index (χ2v) is 4.75. The smallest absolute Gasteiger partial charge is 0.182 e. The van der Waals surface area contributed by atoms with Crippen LogP contribution in [0.15, 0.2) is 30.5 Å². The van der Waals surface area contributed by atoms with Crippen LogP contribution in [0.3, 0.4) is 0 Å². The minimum atomic E-state index is 0.702. The Morgan fingerprint density at radius 3 is 3.00 bits per heavy atom. The van der Waals surface area contributed by atoms with Gasteiger partial charge in [0.05, 0.1) is 6.61 Å². The van der Waals surface area contributed by atoms with Crippen LogP contribution in [-0.2, 0) is 6.42 Å². The van der Waals surface area contributed by atoms with Crippen molar-refractivity contribution in [1.29, 1.82) is 0 Å². The maximum Gasteiger partial charge on any atom is 0.182 e. The molecule has 0 aliphatic heterocycles. The summed E-state index contributed by atoms with van der Waals surface area (Å²) in [5.74, 6) is 0.934. The van der Waals surface area contributed by atoms with Gasteiger partial charge in [-0.25, -0.2) is 4.98 Å². The molecule has 2 aromatic rings. The summed E-state index contributed by atoms with van der Waals surface area (Å²) in [4.78, 5) is 5.52. The Labute approximate surface area is 105 Å². The van der Waals surface area contributed by atoms with Crippen LogP contribution in [0.4, 0.5) is 5.13 Å². The van der Waals surface area contributed by atoms with Crippen LogP contribution in [0.2, 0.25) is 0 Å². The van der Waals surface area contributed by atoms with E-state index in [9.17, 15) is 0 Å². The molecule has 0 unspecified atom stereocenters. The van der Waals surface area contributed by atoms with Crippen molar-refractivity contribution >= 4 is 16.5 Å². The number of thiazole rings is 1. The molecule has 0 atom stereocenters. The second kappa shape index (κ2) is 5.68. The molecule has 3 nitrogen and oxygen atoms in total. The molecule has 0 saturated carbocycles. The van der Waals surface area contributed by atoms with Crippen molar-refractivity contribution in [2.75, 3.05) is 19.0 Å². The second-order valence-electron chi connectivity index (χ2n) is 3.64. The highest BCUT2D eigenvalue weighted by atomic mass is 32.1.